The van der Waals surface area contributed by atoms with E-state index in [0.29, 0.717) is 31.0 Å². The first-order valence-electron chi connectivity index (χ1n) is 8.68. The van der Waals surface area contributed by atoms with Crippen molar-refractivity contribution in [1.29, 1.82) is 0 Å². The van der Waals surface area contributed by atoms with E-state index < -0.39 is 11.9 Å². The van der Waals surface area contributed by atoms with Gasteiger partial charge in [0.1, 0.15) is 11.6 Å². The fourth-order valence-corrected chi connectivity index (χ4v) is 2.82. The maximum atomic E-state index is 12.6. The Morgan fingerprint density at radius 3 is 2.83 bits per heavy atom. The molecule has 2 amide bonds. The third-order valence-electron chi connectivity index (χ3n) is 4.39. The Morgan fingerprint density at radius 2 is 2.12 bits per heavy atom. The number of hydrogen-bond acceptors (Lipinski definition) is 3. The van der Waals surface area contributed by atoms with E-state index in [4.69, 9.17) is 0 Å². The fraction of sp³-hybridized carbons (Fsp3) is 0.611. The molecular weight excluding hydrogens is 306 g/mol. The van der Waals surface area contributed by atoms with Crippen LogP contribution in [-0.2, 0) is 11.3 Å². The van der Waals surface area contributed by atoms with Crippen molar-refractivity contribution in [2.75, 3.05) is 6.54 Å². The molecule has 6 nitrogen and oxygen atoms in total. The molecule has 132 valence electrons. The van der Waals surface area contributed by atoms with Gasteiger partial charge in [-0.1, -0.05) is 13.8 Å². The van der Waals surface area contributed by atoms with Crippen LogP contribution in [-0.4, -0.2) is 29.0 Å². The third-order valence-corrected chi connectivity index (χ3v) is 4.39. The summed E-state index contributed by atoms with van der Waals surface area (Å²) in [6.45, 7) is 7.16. The second kappa shape index (κ2) is 8.13. The average Bonchev–Trinajstić information content (AvgIpc) is 2.71. The Balaban J connectivity index is 2.20. The van der Waals surface area contributed by atoms with Crippen molar-refractivity contribution in [3.8, 4) is 0 Å². The Labute approximate surface area is 142 Å². The molecule has 1 aromatic heterocycles. The second-order valence-corrected chi connectivity index (χ2v) is 6.87. The third kappa shape index (κ3) is 4.46. The predicted molar refractivity (Wildman–Crippen MR) is 93.0 cm³/mol. The van der Waals surface area contributed by atoms with E-state index in [9.17, 15) is 14.4 Å². The number of rotatable bonds is 5. The normalized spacial score (nSPS) is 18.2. The van der Waals surface area contributed by atoms with Crippen LogP contribution in [0.4, 0.5) is 0 Å². The summed E-state index contributed by atoms with van der Waals surface area (Å²) in [7, 11) is 0. The molecule has 1 fully saturated rings. The van der Waals surface area contributed by atoms with Crippen LogP contribution in [0.25, 0.3) is 0 Å². The van der Waals surface area contributed by atoms with Crippen molar-refractivity contribution in [3.63, 3.8) is 0 Å². The zero-order valence-corrected chi connectivity index (χ0v) is 14.7. The molecule has 0 aromatic carbocycles. The SMILES string of the molecule is Cc1ccn(CCC(C)C)c(=O)c1C(=O)NC1CCCCNC1=O. The van der Waals surface area contributed by atoms with Crippen molar-refractivity contribution in [2.24, 2.45) is 5.92 Å². The van der Waals surface area contributed by atoms with Gasteiger partial charge in [-0.2, -0.15) is 0 Å². The monoisotopic (exact) mass is 333 g/mol. The average molecular weight is 333 g/mol. The Hall–Kier alpha value is -2.11. The molecule has 6 heteroatoms. The maximum Gasteiger partial charge on any atom is 0.263 e. The van der Waals surface area contributed by atoms with Gasteiger partial charge in [0.2, 0.25) is 5.91 Å². The first-order chi connectivity index (χ1) is 11.4. The smallest absolute Gasteiger partial charge is 0.263 e. The van der Waals surface area contributed by atoms with E-state index in [-0.39, 0.29) is 17.0 Å². The fourth-order valence-electron chi connectivity index (χ4n) is 2.82. The Kier molecular flexibility index (Phi) is 6.17. The molecule has 0 aliphatic carbocycles. The lowest BCUT2D eigenvalue weighted by Gasteiger charge is -2.17. The minimum Gasteiger partial charge on any atom is -0.354 e. The van der Waals surface area contributed by atoms with Gasteiger partial charge in [-0.15, -0.1) is 0 Å². The Morgan fingerprint density at radius 1 is 1.38 bits per heavy atom. The number of pyridine rings is 1. The molecule has 1 unspecified atom stereocenters. The van der Waals surface area contributed by atoms with Crippen LogP contribution in [0.5, 0.6) is 0 Å². The molecule has 1 atom stereocenters. The Bertz CT molecular complexity index is 664. The maximum absolute atomic E-state index is 12.6. The van der Waals surface area contributed by atoms with E-state index >= 15 is 0 Å². The summed E-state index contributed by atoms with van der Waals surface area (Å²) in [5, 5.41) is 5.52. The van der Waals surface area contributed by atoms with Crippen LogP contribution in [0.3, 0.4) is 0 Å². The quantitative estimate of drug-likeness (QED) is 0.859. The summed E-state index contributed by atoms with van der Waals surface area (Å²) >= 11 is 0. The zero-order valence-electron chi connectivity index (χ0n) is 14.7. The van der Waals surface area contributed by atoms with Crippen molar-refractivity contribution in [1.82, 2.24) is 15.2 Å². The highest BCUT2D eigenvalue weighted by Crippen LogP contribution is 2.09. The van der Waals surface area contributed by atoms with Crippen LogP contribution in [0.2, 0.25) is 0 Å². The van der Waals surface area contributed by atoms with E-state index in [1.807, 2.05) is 0 Å². The summed E-state index contributed by atoms with van der Waals surface area (Å²) < 4.78 is 1.58. The number of amides is 2. The number of nitrogens with one attached hydrogen (secondary N) is 2. The van der Waals surface area contributed by atoms with E-state index in [2.05, 4.69) is 24.5 Å². The molecule has 1 aromatic rings. The minimum absolute atomic E-state index is 0.137. The van der Waals surface area contributed by atoms with Crippen molar-refractivity contribution in [2.45, 2.75) is 59.0 Å². The first-order valence-corrected chi connectivity index (χ1v) is 8.68. The summed E-state index contributed by atoms with van der Waals surface area (Å²) in [6.07, 6.45) is 4.98. The van der Waals surface area contributed by atoms with Crippen LogP contribution < -0.4 is 16.2 Å². The van der Waals surface area contributed by atoms with Crippen LogP contribution in [0.1, 0.15) is 55.5 Å². The highest BCUT2D eigenvalue weighted by molar-refractivity contribution is 5.98. The topological polar surface area (TPSA) is 80.2 Å². The number of hydrogen-bond donors (Lipinski definition) is 2. The summed E-state index contributed by atoms with van der Waals surface area (Å²) in [5.74, 6) is -0.154. The van der Waals surface area contributed by atoms with E-state index in [1.54, 1.807) is 23.8 Å². The molecule has 2 heterocycles. The minimum atomic E-state index is -0.567. The molecule has 0 saturated carbocycles. The number of nitrogens with zero attached hydrogens (tertiary/aromatic N) is 1. The molecule has 1 aliphatic rings. The van der Waals surface area contributed by atoms with Crippen molar-refractivity contribution in [3.05, 3.63) is 33.7 Å². The van der Waals surface area contributed by atoms with Crippen LogP contribution >= 0.6 is 0 Å². The van der Waals surface area contributed by atoms with Gasteiger partial charge in [-0.25, -0.2) is 0 Å². The summed E-state index contributed by atoms with van der Waals surface area (Å²) in [6, 6.07) is 1.21. The standard InChI is InChI=1S/C18H27N3O3/c1-12(2)7-10-21-11-8-13(3)15(18(21)24)17(23)20-14-6-4-5-9-19-16(14)22/h8,11-12,14H,4-7,9-10H2,1-3H3,(H,19,22)(H,20,23). The van der Waals surface area contributed by atoms with Gasteiger partial charge >= 0.3 is 0 Å². The van der Waals surface area contributed by atoms with Crippen LogP contribution in [0.15, 0.2) is 17.1 Å². The summed E-state index contributed by atoms with van der Waals surface area (Å²) in [5.41, 5.74) is 0.479. The number of carbonyl (C=O) groups excluding carboxylic acids is 2. The predicted octanol–water partition coefficient (Wildman–Crippen LogP) is 1.60. The molecule has 2 N–H and O–H groups in total. The lowest BCUT2D eigenvalue weighted by molar-refractivity contribution is -0.122. The van der Waals surface area contributed by atoms with Crippen LogP contribution in [0, 0.1) is 12.8 Å². The molecule has 0 radical (unpaired) electrons. The lowest BCUT2D eigenvalue weighted by atomic mass is 10.1. The number of aromatic nitrogens is 1. The highest BCUT2D eigenvalue weighted by atomic mass is 16.2. The molecule has 1 saturated heterocycles. The van der Waals surface area contributed by atoms with Gasteiger partial charge in [-0.3, -0.25) is 14.4 Å². The van der Waals surface area contributed by atoms with Crippen molar-refractivity contribution >= 4 is 11.8 Å². The second-order valence-electron chi connectivity index (χ2n) is 6.87. The highest BCUT2D eigenvalue weighted by Gasteiger charge is 2.25. The first kappa shape index (κ1) is 18.2. The van der Waals surface area contributed by atoms with Gasteiger partial charge in [0, 0.05) is 19.3 Å². The van der Waals surface area contributed by atoms with Gasteiger partial charge in [0.05, 0.1) is 0 Å². The molecule has 0 spiro atoms. The van der Waals surface area contributed by atoms with Gasteiger partial charge in [0.25, 0.3) is 11.5 Å². The molecule has 0 bridgehead atoms. The molecule has 24 heavy (non-hydrogen) atoms. The van der Waals surface area contributed by atoms with E-state index in [0.717, 1.165) is 19.3 Å². The van der Waals surface area contributed by atoms with Gasteiger partial charge in [0.15, 0.2) is 0 Å². The van der Waals surface area contributed by atoms with E-state index in [1.165, 1.54) is 0 Å². The number of aryl methyl sites for hydroxylation is 2. The number of carbonyl (C=O) groups is 2. The summed E-state index contributed by atoms with van der Waals surface area (Å²) in [4.78, 5) is 37.2. The molecular formula is C18H27N3O3. The molecule has 1 aliphatic heterocycles. The zero-order chi connectivity index (χ0) is 17.7. The largest absolute Gasteiger partial charge is 0.354 e. The molecule has 2 rings (SSSR count). The lowest BCUT2D eigenvalue weighted by Crippen LogP contribution is -2.47. The van der Waals surface area contributed by atoms with Gasteiger partial charge < -0.3 is 15.2 Å². The van der Waals surface area contributed by atoms with Gasteiger partial charge in [-0.05, 0) is 50.2 Å². The van der Waals surface area contributed by atoms with Crippen molar-refractivity contribution < 1.29 is 9.59 Å².